The van der Waals surface area contributed by atoms with Gasteiger partial charge < -0.3 is 29.6 Å². The van der Waals surface area contributed by atoms with Crippen LogP contribution in [0.3, 0.4) is 0 Å². The minimum atomic E-state index is -1.26. The molecule has 1 aromatic carbocycles. The maximum absolute atomic E-state index is 15.2. The average molecular weight is 492 g/mol. The van der Waals surface area contributed by atoms with Gasteiger partial charge in [0.25, 0.3) is 0 Å². The van der Waals surface area contributed by atoms with E-state index in [4.69, 9.17) is 21.1 Å². The Morgan fingerprint density at radius 1 is 1.32 bits per heavy atom. The van der Waals surface area contributed by atoms with Gasteiger partial charge in [-0.15, -0.1) is 0 Å². The van der Waals surface area contributed by atoms with Crippen molar-refractivity contribution in [2.45, 2.75) is 64.0 Å². The predicted octanol–water partition coefficient (Wildman–Crippen LogP) is 3.25. The number of nitrogens with one attached hydrogen (secondary N) is 1. The summed E-state index contributed by atoms with van der Waals surface area (Å²) in [6.07, 6.45) is 1.73. The van der Waals surface area contributed by atoms with E-state index in [9.17, 15) is 10.2 Å². The smallest absolute Gasteiger partial charge is 0.223 e. The lowest BCUT2D eigenvalue weighted by Gasteiger charge is -2.34. The number of aromatic nitrogens is 4. The number of imidazole rings is 1. The fourth-order valence-corrected chi connectivity index (χ4v) is 4.86. The van der Waals surface area contributed by atoms with Crippen LogP contribution >= 0.6 is 11.6 Å². The minimum Gasteiger partial charge on any atom is -0.489 e. The summed E-state index contributed by atoms with van der Waals surface area (Å²) in [6, 6.07) is 1.00. The highest BCUT2D eigenvalue weighted by molar-refractivity contribution is 6.33. The highest BCUT2D eigenvalue weighted by atomic mass is 35.5. The summed E-state index contributed by atoms with van der Waals surface area (Å²) in [7, 11) is 0. The third-order valence-corrected chi connectivity index (χ3v) is 6.58. The Kier molecular flexibility index (Phi) is 5.87. The molecule has 0 spiro atoms. The molecule has 5 rings (SSSR count). The van der Waals surface area contributed by atoms with Crippen molar-refractivity contribution in [3.8, 4) is 17.0 Å². The molecule has 3 N–H and O–H groups in total. The molecule has 0 unspecified atom stereocenters. The first-order valence-electron chi connectivity index (χ1n) is 11.4. The predicted molar refractivity (Wildman–Crippen MR) is 125 cm³/mol. The van der Waals surface area contributed by atoms with Crippen LogP contribution in [0.25, 0.3) is 22.3 Å². The van der Waals surface area contributed by atoms with Crippen molar-refractivity contribution in [3.05, 3.63) is 28.9 Å². The number of aliphatic hydroxyl groups excluding tert-OH is 1. The lowest BCUT2D eigenvalue weighted by molar-refractivity contribution is -0.0808. The zero-order valence-corrected chi connectivity index (χ0v) is 19.9. The molecule has 182 valence electrons. The van der Waals surface area contributed by atoms with Crippen molar-refractivity contribution in [2.75, 3.05) is 18.5 Å². The van der Waals surface area contributed by atoms with Gasteiger partial charge in [0.1, 0.15) is 35.2 Å². The Balaban J connectivity index is 1.59. The SMILES string of the molecule is CC[C@H]1OCC[C@H](Nc2ncc(Cl)c(-c3cc(F)c4nc(C(C)(C)O)n5c4c3OCC5)n2)[C@H]1O. The van der Waals surface area contributed by atoms with Gasteiger partial charge in [0.15, 0.2) is 11.6 Å². The maximum Gasteiger partial charge on any atom is 0.223 e. The van der Waals surface area contributed by atoms with E-state index in [-0.39, 0.29) is 28.6 Å². The summed E-state index contributed by atoms with van der Waals surface area (Å²) in [5.74, 6) is 0.445. The second-order valence-electron chi connectivity index (χ2n) is 9.16. The maximum atomic E-state index is 15.2. The van der Waals surface area contributed by atoms with Crippen molar-refractivity contribution < 1.29 is 24.1 Å². The molecule has 2 aliphatic heterocycles. The van der Waals surface area contributed by atoms with E-state index >= 15 is 4.39 Å². The van der Waals surface area contributed by atoms with Crippen LogP contribution in [-0.2, 0) is 16.9 Å². The molecule has 9 nitrogen and oxygen atoms in total. The Labute approximate surface area is 200 Å². The number of nitrogens with zero attached hydrogens (tertiary/aromatic N) is 4. The molecular formula is C23H27ClFN5O4. The summed E-state index contributed by atoms with van der Waals surface area (Å²) in [4.78, 5) is 13.2. The molecule has 1 saturated heterocycles. The number of aliphatic hydroxyl groups is 2. The van der Waals surface area contributed by atoms with Crippen LogP contribution in [0.15, 0.2) is 12.3 Å². The van der Waals surface area contributed by atoms with E-state index in [1.165, 1.54) is 12.3 Å². The van der Waals surface area contributed by atoms with Crippen LogP contribution in [0.1, 0.15) is 39.4 Å². The normalized spacial score (nSPS) is 22.6. The Bertz CT molecular complexity index is 1240. The van der Waals surface area contributed by atoms with Crippen LogP contribution in [0, 0.1) is 5.82 Å². The van der Waals surface area contributed by atoms with E-state index in [2.05, 4.69) is 20.3 Å². The monoisotopic (exact) mass is 491 g/mol. The van der Waals surface area contributed by atoms with Crippen LogP contribution in [0.5, 0.6) is 5.75 Å². The average Bonchev–Trinajstić information content (AvgIpc) is 3.21. The molecule has 2 aliphatic rings. The van der Waals surface area contributed by atoms with Crippen LogP contribution in [0.4, 0.5) is 10.3 Å². The van der Waals surface area contributed by atoms with Gasteiger partial charge in [-0.05, 0) is 32.8 Å². The Morgan fingerprint density at radius 3 is 2.85 bits per heavy atom. The standard InChI is InChI=1S/C23H27ClFN5O4/c1-4-15-19(31)14(5-7-33-15)27-22-26-10-12(24)16(29-22)11-9-13(25)17-18-20(11)34-8-6-30(18)21(28-17)23(2,3)32/h9-10,14-15,19,31-32H,4-8H2,1-3H3,(H,26,27,29)/t14-,15+,19+/m0/s1. The quantitative estimate of drug-likeness (QED) is 0.498. The zero-order valence-electron chi connectivity index (χ0n) is 19.2. The van der Waals surface area contributed by atoms with Gasteiger partial charge in [-0.3, -0.25) is 0 Å². The van der Waals surface area contributed by atoms with E-state index < -0.39 is 17.5 Å². The van der Waals surface area contributed by atoms with Gasteiger partial charge in [-0.2, -0.15) is 0 Å². The van der Waals surface area contributed by atoms with E-state index in [0.29, 0.717) is 60.9 Å². The van der Waals surface area contributed by atoms with Gasteiger partial charge >= 0.3 is 0 Å². The second kappa shape index (κ2) is 8.60. The molecule has 1 fully saturated rings. The summed E-state index contributed by atoms with van der Waals surface area (Å²) in [5, 5.41) is 24.6. The number of rotatable bonds is 5. The second-order valence-corrected chi connectivity index (χ2v) is 9.57. The summed E-state index contributed by atoms with van der Waals surface area (Å²) >= 11 is 6.45. The zero-order chi connectivity index (χ0) is 24.2. The third-order valence-electron chi connectivity index (χ3n) is 6.30. The third kappa shape index (κ3) is 3.88. The lowest BCUT2D eigenvalue weighted by Crippen LogP contribution is -2.48. The summed E-state index contributed by atoms with van der Waals surface area (Å²) < 4.78 is 28.6. The molecule has 11 heteroatoms. The first kappa shape index (κ1) is 23.2. The molecule has 0 amide bonds. The van der Waals surface area contributed by atoms with Gasteiger partial charge in [0, 0.05) is 12.2 Å². The fourth-order valence-electron chi connectivity index (χ4n) is 4.67. The number of halogens is 2. The molecule has 0 saturated carbocycles. The molecule has 4 heterocycles. The molecule has 0 aliphatic carbocycles. The fraction of sp³-hybridized carbons (Fsp3) is 0.522. The van der Waals surface area contributed by atoms with Crippen LogP contribution < -0.4 is 10.1 Å². The number of anilines is 1. The van der Waals surface area contributed by atoms with Gasteiger partial charge in [0.2, 0.25) is 5.95 Å². The van der Waals surface area contributed by atoms with Gasteiger partial charge in [0.05, 0.1) is 35.6 Å². The van der Waals surface area contributed by atoms with Crippen LogP contribution in [-0.4, -0.2) is 61.2 Å². The van der Waals surface area contributed by atoms with Crippen LogP contribution in [0.2, 0.25) is 5.02 Å². The van der Waals surface area contributed by atoms with Crippen molar-refractivity contribution in [3.63, 3.8) is 0 Å². The minimum absolute atomic E-state index is 0.120. The Morgan fingerprint density at radius 2 is 2.12 bits per heavy atom. The summed E-state index contributed by atoms with van der Waals surface area (Å²) in [6.45, 7) is 6.44. The van der Waals surface area contributed by atoms with Gasteiger partial charge in [-0.1, -0.05) is 18.5 Å². The number of benzene rings is 1. The lowest BCUT2D eigenvalue weighted by atomic mass is 9.98. The largest absolute Gasteiger partial charge is 0.489 e. The molecule has 34 heavy (non-hydrogen) atoms. The van der Waals surface area contributed by atoms with E-state index in [1.54, 1.807) is 18.4 Å². The number of hydrogen-bond acceptors (Lipinski definition) is 8. The molecule has 3 aromatic rings. The van der Waals surface area contributed by atoms with Gasteiger partial charge in [-0.25, -0.2) is 19.3 Å². The van der Waals surface area contributed by atoms with Crippen molar-refractivity contribution in [1.29, 1.82) is 0 Å². The first-order valence-corrected chi connectivity index (χ1v) is 11.7. The highest BCUT2D eigenvalue weighted by Gasteiger charge is 2.34. The van der Waals surface area contributed by atoms with E-state index in [1.807, 2.05) is 6.92 Å². The molecule has 3 atom stereocenters. The molecule has 2 aromatic heterocycles. The molecular weight excluding hydrogens is 465 g/mol. The summed E-state index contributed by atoms with van der Waals surface area (Å²) in [5.41, 5.74) is -0.0288. The molecule has 0 radical (unpaired) electrons. The number of hydrogen-bond donors (Lipinski definition) is 3. The topological polar surface area (TPSA) is 115 Å². The van der Waals surface area contributed by atoms with Crippen molar-refractivity contribution in [1.82, 2.24) is 19.5 Å². The van der Waals surface area contributed by atoms with E-state index in [0.717, 1.165) is 0 Å². The van der Waals surface area contributed by atoms with Crippen molar-refractivity contribution >= 4 is 28.6 Å². The van der Waals surface area contributed by atoms with Crippen molar-refractivity contribution in [2.24, 2.45) is 0 Å². The number of ether oxygens (including phenoxy) is 2. The molecule has 0 bridgehead atoms. The highest BCUT2D eigenvalue weighted by Crippen LogP contribution is 2.43. The first-order chi connectivity index (χ1) is 16.2. The Hall–Kier alpha value is -2.53.